The summed E-state index contributed by atoms with van der Waals surface area (Å²) in [5, 5.41) is 19.9. The highest BCUT2D eigenvalue weighted by Crippen LogP contribution is 2.22. The zero-order chi connectivity index (χ0) is 17.1. The van der Waals surface area contributed by atoms with Crippen molar-refractivity contribution in [3.63, 3.8) is 0 Å². The molecular formula is C16H15N7O. The Morgan fingerprint density at radius 2 is 2.00 bits per heavy atom. The lowest BCUT2D eigenvalue weighted by Crippen LogP contribution is -2.20. The monoisotopic (exact) mass is 321 g/mol. The van der Waals surface area contributed by atoms with Crippen LogP contribution in [0.3, 0.4) is 0 Å². The van der Waals surface area contributed by atoms with Crippen LogP contribution in [-0.2, 0) is 11.3 Å². The molecule has 8 nitrogen and oxygen atoms in total. The maximum Gasteiger partial charge on any atom is 0.252 e. The van der Waals surface area contributed by atoms with Crippen LogP contribution in [0.25, 0.3) is 5.69 Å². The van der Waals surface area contributed by atoms with Gasteiger partial charge in [-0.2, -0.15) is 10.4 Å². The van der Waals surface area contributed by atoms with E-state index in [2.05, 4.69) is 20.5 Å². The average molecular weight is 321 g/mol. The summed E-state index contributed by atoms with van der Waals surface area (Å²) >= 11 is 0. The normalized spacial score (nSPS) is 10.4. The Morgan fingerprint density at radius 1 is 1.25 bits per heavy atom. The van der Waals surface area contributed by atoms with E-state index in [0.717, 1.165) is 17.1 Å². The number of anilines is 1. The van der Waals surface area contributed by atoms with Crippen LogP contribution in [0.5, 0.6) is 0 Å². The quantitative estimate of drug-likeness (QED) is 0.786. The molecule has 0 saturated carbocycles. The van der Waals surface area contributed by atoms with Crippen LogP contribution in [0.15, 0.2) is 36.7 Å². The molecule has 0 bridgehead atoms. The third kappa shape index (κ3) is 3.01. The predicted octanol–water partition coefficient (Wildman–Crippen LogP) is 1.59. The van der Waals surface area contributed by atoms with Gasteiger partial charge in [0.05, 0.1) is 22.8 Å². The Hall–Kier alpha value is -3.47. The molecule has 0 aliphatic carbocycles. The minimum atomic E-state index is -0.261. The molecule has 120 valence electrons. The van der Waals surface area contributed by atoms with Gasteiger partial charge in [-0.1, -0.05) is 18.2 Å². The molecule has 8 heteroatoms. The number of rotatable bonds is 4. The molecule has 1 amide bonds. The molecule has 1 N–H and O–H groups in total. The van der Waals surface area contributed by atoms with Crippen LogP contribution >= 0.6 is 0 Å². The number of nitrogens with zero attached hydrogens (tertiary/aromatic N) is 6. The van der Waals surface area contributed by atoms with Gasteiger partial charge < -0.3 is 5.32 Å². The Bertz CT molecular complexity index is 918. The molecule has 0 aliphatic rings. The lowest BCUT2D eigenvalue weighted by Gasteiger charge is -2.07. The molecule has 0 saturated heterocycles. The van der Waals surface area contributed by atoms with Crippen LogP contribution in [0.4, 0.5) is 5.69 Å². The molecule has 3 aromatic rings. The smallest absolute Gasteiger partial charge is 0.252 e. The van der Waals surface area contributed by atoms with Gasteiger partial charge in [-0.05, 0) is 26.0 Å². The van der Waals surface area contributed by atoms with E-state index in [0.29, 0.717) is 5.69 Å². The van der Waals surface area contributed by atoms with E-state index in [1.807, 2.05) is 50.2 Å². The second-order valence-corrected chi connectivity index (χ2v) is 5.22. The molecule has 0 aliphatic heterocycles. The lowest BCUT2D eigenvalue weighted by atomic mass is 10.3. The van der Waals surface area contributed by atoms with E-state index < -0.39 is 0 Å². The van der Waals surface area contributed by atoms with Crippen molar-refractivity contribution in [3.05, 3.63) is 53.9 Å². The standard InChI is InChI=1S/C16H15N7O/c1-11-16(12(2)23(20-11)13-6-4-3-5-7-13)19-15(24)9-22-10-18-14(8-17)21-22/h3-7,10H,9H2,1-2H3,(H,19,24). The summed E-state index contributed by atoms with van der Waals surface area (Å²) in [5.41, 5.74) is 3.15. The van der Waals surface area contributed by atoms with Gasteiger partial charge in [-0.25, -0.2) is 14.3 Å². The van der Waals surface area contributed by atoms with Crippen LogP contribution in [-0.4, -0.2) is 30.5 Å². The summed E-state index contributed by atoms with van der Waals surface area (Å²) in [5.74, 6) is -0.227. The zero-order valence-corrected chi connectivity index (χ0v) is 13.3. The van der Waals surface area contributed by atoms with Gasteiger partial charge in [0.25, 0.3) is 5.82 Å². The summed E-state index contributed by atoms with van der Waals surface area (Å²) in [4.78, 5) is 16.0. The second-order valence-electron chi connectivity index (χ2n) is 5.22. The molecule has 0 fully saturated rings. The fraction of sp³-hybridized carbons (Fsp3) is 0.188. The van der Waals surface area contributed by atoms with Gasteiger partial charge in [-0.3, -0.25) is 4.79 Å². The highest BCUT2D eigenvalue weighted by molar-refractivity contribution is 5.91. The number of amides is 1. The second kappa shape index (κ2) is 6.34. The third-order valence-electron chi connectivity index (χ3n) is 3.50. The number of aryl methyl sites for hydroxylation is 1. The molecular weight excluding hydrogens is 306 g/mol. The maximum absolute atomic E-state index is 12.2. The van der Waals surface area contributed by atoms with Gasteiger partial charge in [-0.15, -0.1) is 5.10 Å². The minimum Gasteiger partial charge on any atom is -0.321 e. The molecule has 2 aromatic heterocycles. The average Bonchev–Trinajstić information content (AvgIpc) is 3.15. The molecule has 1 aromatic carbocycles. The third-order valence-corrected chi connectivity index (χ3v) is 3.50. The van der Waals surface area contributed by atoms with E-state index >= 15 is 0 Å². The first-order chi connectivity index (χ1) is 11.6. The summed E-state index contributed by atoms with van der Waals surface area (Å²) in [6, 6.07) is 11.5. The molecule has 2 heterocycles. The summed E-state index contributed by atoms with van der Waals surface area (Å²) in [6.07, 6.45) is 1.35. The number of carbonyl (C=O) groups excluding carboxylic acids is 1. The van der Waals surface area contributed by atoms with E-state index in [9.17, 15) is 4.79 Å². The van der Waals surface area contributed by atoms with Crippen molar-refractivity contribution in [2.45, 2.75) is 20.4 Å². The van der Waals surface area contributed by atoms with Crippen molar-refractivity contribution in [1.29, 1.82) is 5.26 Å². The number of carbonyl (C=O) groups is 1. The van der Waals surface area contributed by atoms with Crippen molar-refractivity contribution in [3.8, 4) is 11.8 Å². The number of hydrogen-bond donors (Lipinski definition) is 1. The van der Waals surface area contributed by atoms with E-state index in [-0.39, 0.29) is 18.3 Å². The summed E-state index contributed by atoms with van der Waals surface area (Å²) in [6.45, 7) is 3.71. The minimum absolute atomic E-state index is 0.0237. The Balaban J connectivity index is 1.79. The number of benzene rings is 1. The van der Waals surface area contributed by atoms with Gasteiger partial charge >= 0.3 is 0 Å². The molecule has 0 atom stereocenters. The molecule has 0 radical (unpaired) electrons. The van der Waals surface area contributed by atoms with Crippen molar-refractivity contribution < 1.29 is 4.79 Å². The largest absolute Gasteiger partial charge is 0.321 e. The van der Waals surface area contributed by atoms with Crippen LogP contribution < -0.4 is 5.32 Å². The summed E-state index contributed by atoms with van der Waals surface area (Å²) < 4.78 is 3.11. The van der Waals surface area contributed by atoms with Crippen molar-refractivity contribution in [2.75, 3.05) is 5.32 Å². The first kappa shape index (κ1) is 15.4. The van der Waals surface area contributed by atoms with Crippen molar-refractivity contribution in [1.82, 2.24) is 24.5 Å². The number of nitrogens with one attached hydrogen (secondary N) is 1. The van der Waals surface area contributed by atoms with E-state index in [1.165, 1.54) is 11.0 Å². The van der Waals surface area contributed by atoms with Crippen LogP contribution in [0, 0.1) is 25.2 Å². The van der Waals surface area contributed by atoms with Crippen LogP contribution in [0.1, 0.15) is 17.2 Å². The molecule has 24 heavy (non-hydrogen) atoms. The first-order valence-electron chi connectivity index (χ1n) is 7.29. The van der Waals surface area contributed by atoms with Crippen molar-refractivity contribution >= 4 is 11.6 Å². The topological polar surface area (TPSA) is 101 Å². The zero-order valence-electron chi connectivity index (χ0n) is 13.3. The number of aromatic nitrogens is 5. The highest BCUT2D eigenvalue weighted by Gasteiger charge is 2.15. The Kier molecular flexibility index (Phi) is 4.07. The first-order valence-corrected chi connectivity index (χ1v) is 7.29. The van der Waals surface area contributed by atoms with Gasteiger partial charge in [0.2, 0.25) is 5.91 Å². The SMILES string of the molecule is Cc1nn(-c2ccccc2)c(C)c1NC(=O)Cn1cnc(C#N)n1. The van der Waals surface area contributed by atoms with Gasteiger partial charge in [0.1, 0.15) is 18.9 Å². The lowest BCUT2D eigenvalue weighted by molar-refractivity contribution is -0.116. The number of nitriles is 1. The molecule has 3 rings (SSSR count). The fourth-order valence-electron chi connectivity index (χ4n) is 2.39. The van der Waals surface area contributed by atoms with Gasteiger partial charge in [0.15, 0.2) is 0 Å². The Morgan fingerprint density at radius 3 is 2.67 bits per heavy atom. The number of hydrogen-bond acceptors (Lipinski definition) is 5. The molecule has 0 spiro atoms. The Labute approximate surface area is 138 Å². The van der Waals surface area contributed by atoms with E-state index in [4.69, 9.17) is 5.26 Å². The van der Waals surface area contributed by atoms with Gasteiger partial charge in [0, 0.05) is 0 Å². The van der Waals surface area contributed by atoms with Crippen LogP contribution in [0.2, 0.25) is 0 Å². The predicted molar refractivity (Wildman–Crippen MR) is 86.4 cm³/mol. The van der Waals surface area contributed by atoms with Crippen molar-refractivity contribution in [2.24, 2.45) is 0 Å². The molecule has 0 unspecified atom stereocenters. The van der Waals surface area contributed by atoms with E-state index in [1.54, 1.807) is 4.68 Å². The summed E-state index contributed by atoms with van der Waals surface area (Å²) in [7, 11) is 0. The fourth-order valence-corrected chi connectivity index (χ4v) is 2.39. The number of para-hydroxylation sites is 1. The highest BCUT2D eigenvalue weighted by atomic mass is 16.2. The maximum atomic E-state index is 12.2.